The first-order valence-corrected chi connectivity index (χ1v) is 10.8. The van der Waals surface area contributed by atoms with E-state index in [-0.39, 0.29) is 5.91 Å². The highest BCUT2D eigenvalue weighted by atomic mass is 32.2. The Morgan fingerprint density at radius 2 is 2.04 bits per heavy atom. The van der Waals surface area contributed by atoms with Crippen LogP contribution in [0.3, 0.4) is 0 Å². The smallest absolute Gasteiger partial charge is 0.269 e. The average molecular weight is 411 g/mol. The Morgan fingerprint density at radius 3 is 2.69 bits per heavy atom. The number of aryl methyl sites for hydroxylation is 1. The van der Waals surface area contributed by atoms with Crippen molar-refractivity contribution >= 4 is 46.8 Å². The molecule has 0 fully saturated rings. The summed E-state index contributed by atoms with van der Waals surface area (Å²) in [6, 6.07) is 7.44. The molecule has 3 N–H and O–H groups in total. The summed E-state index contributed by atoms with van der Waals surface area (Å²) >= 11 is 8.50. The molecule has 0 bridgehead atoms. The van der Waals surface area contributed by atoms with Crippen LogP contribution < -0.4 is 16.2 Å². The molecule has 0 aliphatic carbocycles. The zero-order valence-electron chi connectivity index (χ0n) is 14.7. The van der Waals surface area contributed by atoms with E-state index in [4.69, 9.17) is 12.2 Å². The molecular formula is C16H22N6OS3. The second-order valence-corrected chi connectivity index (χ2v) is 7.73. The highest BCUT2D eigenvalue weighted by molar-refractivity contribution is 7.98. The van der Waals surface area contributed by atoms with Crippen LogP contribution in [0.5, 0.6) is 0 Å². The summed E-state index contributed by atoms with van der Waals surface area (Å²) in [6.45, 7) is 0.778. The molecule has 0 radical (unpaired) electrons. The third-order valence-corrected chi connectivity index (χ3v) is 5.40. The molecule has 0 spiro atoms. The highest BCUT2D eigenvalue weighted by Crippen LogP contribution is 2.19. The van der Waals surface area contributed by atoms with Crippen molar-refractivity contribution in [3.8, 4) is 0 Å². The topological polar surface area (TPSA) is 83.9 Å². The molecule has 1 aromatic heterocycles. The Kier molecular flexibility index (Phi) is 8.72. The summed E-state index contributed by atoms with van der Waals surface area (Å²) in [4.78, 5) is 12.1. The molecule has 7 nitrogen and oxygen atoms in total. The van der Waals surface area contributed by atoms with Crippen LogP contribution in [0.1, 0.15) is 22.3 Å². The average Bonchev–Trinajstić information content (AvgIpc) is 3.07. The molecule has 0 saturated carbocycles. The zero-order valence-corrected chi connectivity index (χ0v) is 17.1. The van der Waals surface area contributed by atoms with E-state index in [0.717, 1.165) is 35.2 Å². The summed E-state index contributed by atoms with van der Waals surface area (Å²) in [5, 5.41) is 12.2. The second-order valence-electron chi connectivity index (χ2n) is 5.39. The molecule has 0 aliphatic rings. The van der Waals surface area contributed by atoms with Crippen molar-refractivity contribution in [2.24, 2.45) is 7.05 Å². The van der Waals surface area contributed by atoms with Crippen LogP contribution in [-0.2, 0) is 12.8 Å². The molecule has 0 saturated heterocycles. The number of carbonyl (C=O) groups excluding carboxylic acids is 1. The van der Waals surface area contributed by atoms with Gasteiger partial charge in [0.25, 0.3) is 5.91 Å². The van der Waals surface area contributed by atoms with E-state index in [2.05, 4.69) is 32.6 Å². The summed E-state index contributed by atoms with van der Waals surface area (Å²) in [5.41, 5.74) is 6.98. The Bertz CT molecular complexity index is 719. The summed E-state index contributed by atoms with van der Waals surface area (Å²) in [7, 11) is 1.91. The Hall–Kier alpha value is -1.78. The van der Waals surface area contributed by atoms with Gasteiger partial charge in [-0.15, -0.1) is 10.2 Å². The molecule has 10 heteroatoms. The predicted octanol–water partition coefficient (Wildman–Crippen LogP) is 1.97. The first kappa shape index (κ1) is 20.5. The number of rotatable bonds is 8. The van der Waals surface area contributed by atoms with E-state index in [9.17, 15) is 4.79 Å². The van der Waals surface area contributed by atoms with Crippen molar-refractivity contribution in [1.82, 2.24) is 30.9 Å². The number of hydrogen-bond acceptors (Lipinski definition) is 6. The number of hydrogen-bond donors (Lipinski definition) is 3. The molecule has 1 amide bonds. The minimum atomic E-state index is -0.231. The van der Waals surface area contributed by atoms with Crippen LogP contribution >= 0.6 is 35.7 Å². The normalized spacial score (nSPS) is 10.4. The lowest BCUT2D eigenvalue weighted by atomic mass is 10.1. The Balaban J connectivity index is 1.74. The molecular weight excluding hydrogens is 388 g/mol. The van der Waals surface area contributed by atoms with Gasteiger partial charge in [0.1, 0.15) is 6.33 Å². The van der Waals surface area contributed by atoms with Gasteiger partial charge >= 0.3 is 0 Å². The fourth-order valence-corrected chi connectivity index (χ4v) is 3.38. The zero-order chi connectivity index (χ0) is 18.8. The van der Waals surface area contributed by atoms with Gasteiger partial charge in [0, 0.05) is 24.9 Å². The van der Waals surface area contributed by atoms with E-state index < -0.39 is 0 Å². The van der Waals surface area contributed by atoms with Crippen molar-refractivity contribution in [2.75, 3.05) is 18.6 Å². The van der Waals surface area contributed by atoms with Crippen LogP contribution in [0, 0.1) is 0 Å². The van der Waals surface area contributed by atoms with Crippen molar-refractivity contribution in [2.45, 2.75) is 17.3 Å². The molecule has 2 rings (SSSR count). The fraction of sp³-hybridized carbons (Fsp3) is 0.375. The van der Waals surface area contributed by atoms with Crippen LogP contribution in [0.2, 0.25) is 0 Å². The third kappa shape index (κ3) is 6.85. The molecule has 1 aromatic carbocycles. The lowest BCUT2D eigenvalue weighted by Crippen LogP contribution is -2.47. The Labute approximate surface area is 167 Å². The molecule has 2 aromatic rings. The van der Waals surface area contributed by atoms with Gasteiger partial charge in [-0.25, -0.2) is 0 Å². The summed E-state index contributed by atoms with van der Waals surface area (Å²) < 4.78 is 1.87. The quantitative estimate of drug-likeness (QED) is 0.264. The largest absolute Gasteiger partial charge is 0.361 e. The lowest BCUT2D eigenvalue weighted by Gasteiger charge is -2.11. The van der Waals surface area contributed by atoms with Gasteiger partial charge in [0.15, 0.2) is 10.3 Å². The molecule has 0 unspecified atom stereocenters. The van der Waals surface area contributed by atoms with Crippen molar-refractivity contribution in [3.05, 3.63) is 41.7 Å². The second kappa shape index (κ2) is 11.0. The number of hydrazine groups is 1. The summed E-state index contributed by atoms with van der Waals surface area (Å²) in [6.07, 6.45) is 4.76. The van der Waals surface area contributed by atoms with Crippen LogP contribution in [-0.4, -0.2) is 44.3 Å². The van der Waals surface area contributed by atoms with Gasteiger partial charge in [-0.1, -0.05) is 23.9 Å². The van der Waals surface area contributed by atoms with Crippen LogP contribution in [0.15, 0.2) is 35.7 Å². The number of carbonyl (C=O) groups is 1. The van der Waals surface area contributed by atoms with Gasteiger partial charge in [-0.05, 0) is 48.3 Å². The number of benzene rings is 1. The molecule has 1 heterocycles. The van der Waals surface area contributed by atoms with Gasteiger partial charge < -0.3 is 9.88 Å². The number of thiocarbonyl (C=S) groups is 1. The molecule has 26 heavy (non-hydrogen) atoms. The lowest BCUT2D eigenvalue weighted by molar-refractivity contribution is 0.0943. The van der Waals surface area contributed by atoms with Gasteiger partial charge in [-0.2, -0.15) is 11.8 Å². The van der Waals surface area contributed by atoms with Gasteiger partial charge in [-0.3, -0.25) is 15.6 Å². The number of amides is 1. The van der Waals surface area contributed by atoms with Gasteiger partial charge in [0.2, 0.25) is 0 Å². The first-order chi connectivity index (χ1) is 12.6. The van der Waals surface area contributed by atoms with E-state index >= 15 is 0 Å². The maximum absolute atomic E-state index is 12.1. The first-order valence-electron chi connectivity index (χ1n) is 7.99. The van der Waals surface area contributed by atoms with Crippen molar-refractivity contribution < 1.29 is 4.79 Å². The van der Waals surface area contributed by atoms with Crippen LogP contribution in [0.4, 0.5) is 0 Å². The number of nitrogens with zero attached hydrogens (tertiary/aromatic N) is 3. The number of nitrogens with one attached hydrogen (secondary N) is 3. The van der Waals surface area contributed by atoms with E-state index in [1.807, 2.05) is 23.7 Å². The predicted molar refractivity (Wildman–Crippen MR) is 111 cm³/mol. The van der Waals surface area contributed by atoms with E-state index in [0.29, 0.717) is 10.7 Å². The van der Waals surface area contributed by atoms with E-state index in [1.54, 1.807) is 42.0 Å². The standard InChI is InChI=1S/C16H22N6OS3/c1-22-11-18-21-16(22)26-10-12-4-6-13(7-5-12)14(23)19-20-15(24)17-8-3-9-25-2/h4-7,11H,3,8-10H2,1-2H3,(H,19,23)(H2,17,20,24). The molecule has 140 valence electrons. The third-order valence-electron chi connectivity index (χ3n) is 3.35. The monoisotopic (exact) mass is 410 g/mol. The summed E-state index contributed by atoms with van der Waals surface area (Å²) in [5.74, 6) is 1.60. The van der Waals surface area contributed by atoms with E-state index in [1.165, 1.54) is 0 Å². The van der Waals surface area contributed by atoms with Crippen molar-refractivity contribution in [3.63, 3.8) is 0 Å². The Morgan fingerprint density at radius 1 is 1.27 bits per heavy atom. The number of thioether (sulfide) groups is 2. The van der Waals surface area contributed by atoms with Crippen LogP contribution in [0.25, 0.3) is 0 Å². The minimum Gasteiger partial charge on any atom is -0.361 e. The molecule has 0 aliphatic heterocycles. The minimum absolute atomic E-state index is 0.231. The maximum Gasteiger partial charge on any atom is 0.269 e. The number of aromatic nitrogens is 3. The fourth-order valence-electron chi connectivity index (χ4n) is 1.95. The SMILES string of the molecule is CSCCCNC(=S)NNC(=O)c1ccc(CSc2nncn2C)cc1. The maximum atomic E-state index is 12.1. The highest BCUT2D eigenvalue weighted by Gasteiger charge is 2.07. The van der Waals surface area contributed by atoms with Gasteiger partial charge in [0.05, 0.1) is 0 Å². The van der Waals surface area contributed by atoms with Crippen molar-refractivity contribution in [1.29, 1.82) is 0 Å². The molecule has 0 atom stereocenters.